The first-order valence-electron chi connectivity index (χ1n) is 5.83. The molecule has 102 valence electrons. The molecule has 6 heteroatoms. The third kappa shape index (κ3) is 3.12. The summed E-state index contributed by atoms with van der Waals surface area (Å²) in [7, 11) is 1.59. The number of halogens is 1. The predicted octanol–water partition coefficient (Wildman–Crippen LogP) is 2.84. The van der Waals surface area contributed by atoms with Gasteiger partial charge in [0.2, 0.25) is 5.91 Å². The highest BCUT2D eigenvalue weighted by Gasteiger charge is 2.33. The van der Waals surface area contributed by atoms with E-state index >= 15 is 0 Å². The van der Waals surface area contributed by atoms with Crippen LogP contribution < -0.4 is 9.64 Å². The molecule has 1 aromatic carbocycles. The maximum Gasteiger partial charge on any atom is 0.228 e. The first-order chi connectivity index (χ1) is 9.02. The summed E-state index contributed by atoms with van der Waals surface area (Å²) in [6, 6.07) is 5.54. The van der Waals surface area contributed by atoms with Gasteiger partial charge in [-0.25, -0.2) is 0 Å². The van der Waals surface area contributed by atoms with Gasteiger partial charge < -0.3 is 9.64 Å². The molecule has 0 N–H and O–H groups in total. The minimum Gasteiger partial charge on any atom is -0.495 e. The fraction of sp³-hybridized carbons (Fsp3) is 0.385. The lowest BCUT2D eigenvalue weighted by Gasteiger charge is -2.19. The number of benzene rings is 1. The van der Waals surface area contributed by atoms with Crippen LogP contribution in [0.4, 0.5) is 5.69 Å². The summed E-state index contributed by atoms with van der Waals surface area (Å²) in [5.41, 5.74) is 0.788. The van der Waals surface area contributed by atoms with Gasteiger partial charge in [-0.2, -0.15) is 0 Å². The Bertz CT molecular complexity index is 521. The summed E-state index contributed by atoms with van der Waals surface area (Å²) in [5.74, 6) is 0.723. The molecule has 0 saturated carbocycles. The fourth-order valence-electron chi connectivity index (χ4n) is 2.09. The number of hydrogen-bond acceptors (Lipinski definition) is 4. The lowest BCUT2D eigenvalue weighted by molar-refractivity contribution is -0.117. The monoisotopic (exact) mass is 343 g/mol. The number of amides is 1. The third-order valence-electron chi connectivity index (χ3n) is 2.88. The van der Waals surface area contributed by atoms with Crippen LogP contribution in [-0.2, 0) is 9.59 Å². The highest BCUT2D eigenvalue weighted by molar-refractivity contribution is 9.10. The predicted molar refractivity (Wildman–Crippen MR) is 79.7 cm³/mol. The lowest BCUT2D eigenvalue weighted by atomic mass is 10.3. The summed E-state index contributed by atoms with van der Waals surface area (Å²) < 4.78 is 5.99. The second-order valence-corrected chi connectivity index (χ2v) is 6.50. The summed E-state index contributed by atoms with van der Waals surface area (Å²) in [5, 5.41) is 0.0764. The molecule has 0 radical (unpaired) electrons. The normalized spacial score (nSPS) is 18.8. The number of anilines is 1. The average Bonchev–Trinajstić information content (AvgIpc) is 2.69. The van der Waals surface area contributed by atoms with Crippen LogP contribution in [0, 0.1) is 0 Å². The molecule has 0 bridgehead atoms. The number of thioether (sulfide) groups is 1. The van der Waals surface area contributed by atoms with E-state index in [1.807, 2.05) is 18.2 Å². The van der Waals surface area contributed by atoms with Crippen molar-refractivity contribution >= 4 is 44.4 Å². The molecule has 1 atom stereocenters. The number of hydrogen-bond donors (Lipinski definition) is 0. The Morgan fingerprint density at radius 2 is 2.26 bits per heavy atom. The van der Waals surface area contributed by atoms with Crippen LogP contribution in [-0.4, -0.2) is 29.9 Å². The van der Waals surface area contributed by atoms with Crippen molar-refractivity contribution in [2.24, 2.45) is 0 Å². The van der Waals surface area contributed by atoms with Crippen LogP contribution >= 0.6 is 27.7 Å². The van der Waals surface area contributed by atoms with E-state index in [9.17, 15) is 9.59 Å². The summed E-state index contributed by atoms with van der Waals surface area (Å²) in [6.07, 6.45) is 0.397. The molecule has 2 rings (SSSR count). The van der Waals surface area contributed by atoms with Gasteiger partial charge in [-0.05, 0) is 28.1 Å². The molecule has 1 saturated heterocycles. The van der Waals surface area contributed by atoms with Crippen LogP contribution in [0.2, 0.25) is 0 Å². The van der Waals surface area contributed by atoms with E-state index in [1.54, 1.807) is 12.0 Å². The van der Waals surface area contributed by atoms with E-state index in [0.29, 0.717) is 18.7 Å². The second-order valence-electron chi connectivity index (χ2n) is 4.23. The van der Waals surface area contributed by atoms with Crippen molar-refractivity contribution < 1.29 is 14.3 Å². The zero-order valence-corrected chi connectivity index (χ0v) is 13.1. The van der Waals surface area contributed by atoms with E-state index in [0.717, 1.165) is 10.2 Å². The molecule has 1 aliphatic rings. The standard InChI is InChI=1S/C13H14BrNO3S/c1-8(16)19-9-6-12(17)15(7-9)10-4-3-5-11(18-2)13(10)14/h3-5,9H,6-7H2,1-2H3. The van der Waals surface area contributed by atoms with Crippen LogP contribution in [0.3, 0.4) is 0 Å². The Balaban J connectivity index is 2.23. The molecule has 1 aromatic rings. The minimum atomic E-state index is 0.0306. The van der Waals surface area contributed by atoms with Crippen LogP contribution in [0.25, 0.3) is 0 Å². The van der Waals surface area contributed by atoms with Gasteiger partial charge in [0, 0.05) is 25.1 Å². The van der Waals surface area contributed by atoms with Gasteiger partial charge >= 0.3 is 0 Å². The quantitative estimate of drug-likeness (QED) is 0.846. The highest BCUT2D eigenvalue weighted by Crippen LogP contribution is 2.38. The van der Waals surface area contributed by atoms with Crippen molar-refractivity contribution in [3.8, 4) is 5.75 Å². The van der Waals surface area contributed by atoms with Gasteiger partial charge in [0.25, 0.3) is 0 Å². The van der Waals surface area contributed by atoms with Gasteiger partial charge in [-0.15, -0.1) is 0 Å². The topological polar surface area (TPSA) is 46.6 Å². The summed E-state index contributed by atoms with van der Waals surface area (Å²) in [6.45, 7) is 2.08. The Hall–Kier alpha value is -1.01. The average molecular weight is 344 g/mol. The van der Waals surface area contributed by atoms with Crippen molar-refractivity contribution in [3.63, 3.8) is 0 Å². The molecule has 19 heavy (non-hydrogen) atoms. The van der Waals surface area contributed by atoms with Crippen molar-refractivity contribution in [1.29, 1.82) is 0 Å². The molecule has 1 amide bonds. The molecule has 0 aliphatic carbocycles. The number of rotatable bonds is 3. The van der Waals surface area contributed by atoms with Gasteiger partial charge in [-0.1, -0.05) is 17.8 Å². The Labute approximate surface area is 124 Å². The van der Waals surface area contributed by atoms with Crippen LogP contribution in [0.1, 0.15) is 13.3 Å². The van der Waals surface area contributed by atoms with Crippen molar-refractivity contribution in [2.75, 3.05) is 18.6 Å². The maximum absolute atomic E-state index is 12.1. The molecular weight excluding hydrogens is 330 g/mol. The van der Waals surface area contributed by atoms with Gasteiger partial charge in [0.1, 0.15) is 5.75 Å². The molecule has 1 heterocycles. The fourth-order valence-corrected chi connectivity index (χ4v) is 3.65. The Morgan fingerprint density at radius 3 is 2.89 bits per heavy atom. The first-order valence-corrected chi connectivity index (χ1v) is 7.50. The number of carbonyl (C=O) groups excluding carboxylic acids is 2. The molecule has 4 nitrogen and oxygen atoms in total. The second kappa shape index (κ2) is 5.96. The Morgan fingerprint density at radius 1 is 1.53 bits per heavy atom. The molecule has 0 spiro atoms. The maximum atomic E-state index is 12.1. The van der Waals surface area contributed by atoms with Crippen molar-refractivity contribution in [1.82, 2.24) is 0 Å². The number of methoxy groups -OCH3 is 1. The molecule has 0 aromatic heterocycles. The van der Waals surface area contributed by atoms with E-state index in [2.05, 4.69) is 15.9 Å². The van der Waals surface area contributed by atoms with Crippen LogP contribution in [0.5, 0.6) is 5.75 Å². The van der Waals surface area contributed by atoms with Crippen molar-refractivity contribution in [3.05, 3.63) is 22.7 Å². The van der Waals surface area contributed by atoms with Gasteiger partial charge in [0.15, 0.2) is 5.12 Å². The van der Waals surface area contributed by atoms with E-state index < -0.39 is 0 Å². The summed E-state index contributed by atoms with van der Waals surface area (Å²) >= 11 is 4.69. The van der Waals surface area contributed by atoms with Crippen LogP contribution in [0.15, 0.2) is 22.7 Å². The first kappa shape index (κ1) is 14.4. The largest absolute Gasteiger partial charge is 0.495 e. The van der Waals surface area contributed by atoms with E-state index in [-0.39, 0.29) is 16.3 Å². The molecule has 1 unspecified atom stereocenters. The van der Waals surface area contributed by atoms with Crippen molar-refractivity contribution in [2.45, 2.75) is 18.6 Å². The molecule has 1 aliphatic heterocycles. The Kier molecular flexibility index (Phi) is 4.52. The molecule has 1 fully saturated rings. The van der Waals surface area contributed by atoms with Gasteiger partial charge in [-0.3, -0.25) is 9.59 Å². The third-order valence-corrected chi connectivity index (χ3v) is 4.65. The number of ether oxygens (including phenoxy) is 1. The molecular formula is C13H14BrNO3S. The zero-order valence-electron chi connectivity index (χ0n) is 10.7. The van der Waals surface area contributed by atoms with E-state index in [4.69, 9.17) is 4.74 Å². The summed E-state index contributed by atoms with van der Waals surface area (Å²) in [4.78, 5) is 24.9. The van der Waals surface area contributed by atoms with E-state index in [1.165, 1.54) is 18.7 Å². The minimum absolute atomic E-state index is 0.0306. The zero-order chi connectivity index (χ0) is 14.0. The lowest BCUT2D eigenvalue weighted by Crippen LogP contribution is -2.25. The highest BCUT2D eigenvalue weighted by atomic mass is 79.9. The SMILES string of the molecule is COc1cccc(N2CC(SC(C)=O)CC2=O)c1Br. The number of carbonyl (C=O) groups is 2. The smallest absolute Gasteiger partial charge is 0.228 e. The van der Waals surface area contributed by atoms with Gasteiger partial charge in [0.05, 0.1) is 17.3 Å². The number of nitrogens with zero attached hydrogens (tertiary/aromatic N) is 1.